The van der Waals surface area contributed by atoms with Gasteiger partial charge < -0.3 is 10.2 Å². The highest BCUT2D eigenvalue weighted by molar-refractivity contribution is 7.90. The lowest BCUT2D eigenvalue weighted by Gasteiger charge is -2.43. The lowest BCUT2D eigenvalue weighted by molar-refractivity contribution is -0.154. The molecule has 0 aromatic heterocycles. The molecule has 0 saturated carbocycles. The smallest absolute Gasteiger partial charge is 0.246 e. The maximum Gasteiger partial charge on any atom is 0.246 e. The molecule has 0 aliphatic carbocycles. The lowest BCUT2D eigenvalue weighted by Crippen LogP contribution is -2.67. The van der Waals surface area contributed by atoms with E-state index in [9.17, 15) is 18.0 Å². The number of nitrogens with zero attached hydrogens (tertiary/aromatic N) is 1. The molecule has 1 unspecified atom stereocenters. The fraction of sp³-hybridized carbons (Fsp3) is 0.818. The molecule has 1 rings (SSSR count). The highest BCUT2D eigenvalue weighted by Crippen LogP contribution is 2.21. The fourth-order valence-electron chi connectivity index (χ4n) is 1.94. The van der Waals surface area contributed by atoms with E-state index in [4.69, 9.17) is 0 Å². The third kappa shape index (κ3) is 3.22. The topological polar surface area (TPSA) is 83.6 Å². The summed E-state index contributed by atoms with van der Waals surface area (Å²) >= 11 is 0. The summed E-state index contributed by atoms with van der Waals surface area (Å²) in [7, 11) is -3.05. The summed E-state index contributed by atoms with van der Waals surface area (Å²) in [6.45, 7) is 5.22. The van der Waals surface area contributed by atoms with Crippen LogP contribution >= 0.6 is 0 Å². The Balaban J connectivity index is 2.76. The molecule has 0 aromatic carbocycles. The van der Waals surface area contributed by atoms with E-state index in [2.05, 4.69) is 5.32 Å². The number of hydrogen-bond acceptors (Lipinski definition) is 4. The Morgan fingerprint density at radius 3 is 2.39 bits per heavy atom. The first-order chi connectivity index (χ1) is 8.05. The van der Waals surface area contributed by atoms with Crippen molar-refractivity contribution >= 4 is 21.7 Å². The Hall–Kier alpha value is -1.11. The van der Waals surface area contributed by atoms with Crippen molar-refractivity contribution in [1.29, 1.82) is 0 Å². The summed E-state index contributed by atoms with van der Waals surface area (Å²) in [5.41, 5.74) is -0.929. The standard InChI is InChI=1S/C11H20N2O4S/c1-8-9(14)13(6-5-7-18(4,16)17)11(2,3)10(15)12-8/h8H,5-7H2,1-4H3,(H,12,15). The van der Waals surface area contributed by atoms with Gasteiger partial charge in [0, 0.05) is 12.8 Å². The zero-order chi connectivity index (χ0) is 14.1. The Bertz CT molecular complexity index is 456. The first-order valence-corrected chi connectivity index (χ1v) is 7.92. The van der Waals surface area contributed by atoms with Crippen LogP contribution in [0.15, 0.2) is 0 Å². The second kappa shape index (κ2) is 4.87. The number of piperazine rings is 1. The van der Waals surface area contributed by atoms with Gasteiger partial charge in [-0.1, -0.05) is 0 Å². The van der Waals surface area contributed by atoms with Crippen LogP contribution in [0.4, 0.5) is 0 Å². The van der Waals surface area contributed by atoms with Crippen LogP contribution in [0.25, 0.3) is 0 Å². The molecule has 0 radical (unpaired) electrons. The molecule has 2 amide bonds. The zero-order valence-electron chi connectivity index (χ0n) is 11.2. The van der Waals surface area contributed by atoms with Crippen LogP contribution in [0.2, 0.25) is 0 Å². The Kier molecular flexibility index (Phi) is 4.05. The highest BCUT2D eigenvalue weighted by Gasteiger charge is 2.44. The quantitative estimate of drug-likeness (QED) is 0.753. The number of rotatable bonds is 4. The van der Waals surface area contributed by atoms with E-state index < -0.39 is 21.4 Å². The molecule has 104 valence electrons. The molecule has 1 N–H and O–H groups in total. The molecule has 0 aromatic rings. The van der Waals surface area contributed by atoms with Crippen LogP contribution < -0.4 is 5.32 Å². The van der Waals surface area contributed by atoms with Crippen molar-refractivity contribution in [3.8, 4) is 0 Å². The summed E-state index contributed by atoms with van der Waals surface area (Å²) in [4.78, 5) is 25.3. The summed E-state index contributed by atoms with van der Waals surface area (Å²) in [5, 5.41) is 2.61. The minimum absolute atomic E-state index is 0.0167. The molecule has 18 heavy (non-hydrogen) atoms. The largest absolute Gasteiger partial charge is 0.343 e. The zero-order valence-corrected chi connectivity index (χ0v) is 12.0. The van der Waals surface area contributed by atoms with E-state index in [0.29, 0.717) is 6.42 Å². The number of nitrogens with one attached hydrogen (secondary N) is 1. The Morgan fingerprint density at radius 2 is 1.89 bits per heavy atom. The first kappa shape index (κ1) is 14.9. The molecule has 1 fully saturated rings. The number of carbonyl (C=O) groups excluding carboxylic acids is 2. The molecule has 1 aliphatic rings. The van der Waals surface area contributed by atoms with Gasteiger partial charge in [0.1, 0.15) is 21.4 Å². The van der Waals surface area contributed by atoms with Gasteiger partial charge in [-0.05, 0) is 27.2 Å². The lowest BCUT2D eigenvalue weighted by atomic mass is 9.96. The predicted molar refractivity (Wildman–Crippen MR) is 67.7 cm³/mol. The third-order valence-electron chi connectivity index (χ3n) is 3.11. The molecular weight excluding hydrogens is 256 g/mol. The van der Waals surface area contributed by atoms with Crippen LogP contribution in [-0.2, 0) is 19.4 Å². The van der Waals surface area contributed by atoms with Crippen LogP contribution in [0.1, 0.15) is 27.2 Å². The van der Waals surface area contributed by atoms with E-state index in [-0.39, 0.29) is 24.1 Å². The van der Waals surface area contributed by atoms with Gasteiger partial charge in [-0.3, -0.25) is 9.59 Å². The van der Waals surface area contributed by atoms with E-state index in [0.717, 1.165) is 6.26 Å². The molecule has 1 aliphatic heterocycles. The Labute approximate surface area is 108 Å². The van der Waals surface area contributed by atoms with Crippen molar-refractivity contribution in [3.63, 3.8) is 0 Å². The third-order valence-corrected chi connectivity index (χ3v) is 4.14. The van der Waals surface area contributed by atoms with Gasteiger partial charge >= 0.3 is 0 Å². The van der Waals surface area contributed by atoms with Gasteiger partial charge in [0.2, 0.25) is 11.8 Å². The number of hydrogen-bond donors (Lipinski definition) is 1. The van der Waals surface area contributed by atoms with E-state index >= 15 is 0 Å². The van der Waals surface area contributed by atoms with Crippen molar-refractivity contribution in [2.75, 3.05) is 18.6 Å². The maximum atomic E-state index is 12.0. The van der Waals surface area contributed by atoms with Gasteiger partial charge in [0.25, 0.3) is 0 Å². The normalized spacial score (nSPS) is 24.0. The maximum absolute atomic E-state index is 12.0. The van der Waals surface area contributed by atoms with Crippen LogP contribution in [-0.4, -0.2) is 55.3 Å². The van der Waals surface area contributed by atoms with Crippen LogP contribution in [0.3, 0.4) is 0 Å². The van der Waals surface area contributed by atoms with E-state index in [1.54, 1.807) is 20.8 Å². The molecule has 0 bridgehead atoms. The van der Waals surface area contributed by atoms with Gasteiger partial charge in [0.05, 0.1) is 5.75 Å². The van der Waals surface area contributed by atoms with Crippen molar-refractivity contribution in [2.45, 2.75) is 38.8 Å². The average Bonchev–Trinajstić information content (AvgIpc) is 2.19. The van der Waals surface area contributed by atoms with Crippen molar-refractivity contribution in [3.05, 3.63) is 0 Å². The Morgan fingerprint density at radius 1 is 1.33 bits per heavy atom. The summed E-state index contributed by atoms with van der Waals surface area (Å²) in [5.74, 6) is -0.370. The van der Waals surface area contributed by atoms with Crippen molar-refractivity contribution in [2.24, 2.45) is 0 Å². The van der Waals surface area contributed by atoms with Crippen molar-refractivity contribution in [1.82, 2.24) is 10.2 Å². The van der Waals surface area contributed by atoms with Crippen LogP contribution in [0, 0.1) is 0 Å². The summed E-state index contributed by atoms with van der Waals surface area (Å²) < 4.78 is 22.1. The minimum atomic E-state index is -3.05. The molecule has 1 atom stereocenters. The molecule has 7 heteroatoms. The fourth-order valence-corrected chi connectivity index (χ4v) is 2.59. The van der Waals surface area contributed by atoms with Crippen LogP contribution in [0.5, 0.6) is 0 Å². The predicted octanol–water partition coefficient (Wildman–Crippen LogP) is -0.453. The minimum Gasteiger partial charge on any atom is -0.343 e. The highest BCUT2D eigenvalue weighted by atomic mass is 32.2. The monoisotopic (exact) mass is 276 g/mol. The number of amides is 2. The second-order valence-electron chi connectivity index (χ2n) is 5.23. The summed E-state index contributed by atoms with van der Waals surface area (Å²) in [6.07, 6.45) is 1.50. The molecule has 0 spiro atoms. The second-order valence-corrected chi connectivity index (χ2v) is 7.49. The molecular formula is C11H20N2O4S. The average molecular weight is 276 g/mol. The van der Waals surface area contributed by atoms with E-state index in [1.807, 2.05) is 0 Å². The number of carbonyl (C=O) groups is 2. The molecule has 1 saturated heterocycles. The van der Waals surface area contributed by atoms with Gasteiger partial charge in [-0.15, -0.1) is 0 Å². The van der Waals surface area contributed by atoms with Gasteiger partial charge in [-0.2, -0.15) is 0 Å². The van der Waals surface area contributed by atoms with Gasteiger partial charge in [0.15, 0.2) is 0 Å². The summed E-state index contributed by atoms with van der Waals surface area (Å²) in [6, 6.07) is -0.552. The van der Waals surface area contributed by atoms with Gasteiger partial charge in [-0.25, -0.2) is 8.42 Å². The van der Waals surface area contributed by atoms with Crippen molar-refractivity contribution < 1.29 is 18.0 Å². The SMILES string of the molecule is CC1NC(=O)C(C)(C)N(CCCS(C)(=O)=O)C1=O. The first-order valence-electron chi connectivity index (χ1n) is 5.86. The molecule has 1 heterocycles. The molecule has 6 nitrogen and oxygen atoms in total. The number of sulfone groups is 1. The van der Waals surface area contributed by atoms with E-state index in [1.165, 1.54) is 4.90 Å².